The van der Waals surface area contributed by atoms with Crippen molar-refractivity contribution in [1.82, 2.24) is 5.32 Å². The Morgan fingerprint density at radius 3 is 2.44 bits per heavy atom. The Balaban J connectivity index is 1.91. The number of nitrogens with one attached hydrogen (secondary N) is 1. The van der Waals surface area contributed by atoms with Gasteiger partial charge in [0.15, 0.2) is 0 Å². The molecule has 144 valence electrons. The Hall–Kier alpha value is -0.940. The lowest BCUT2D eigenvalue weighted by atomic mass is 9.80. The van der Waals surface area contributed by atoms with Crippen molar-refractivity contribution in [3.63, 3.8) is 0 Å². The fraction of sp³-hybridized carbons (Fsp3) is 0.900. The molecule has 2 rings (SSSR count). The molecule has 0 heterocycles. The monoisotopic (exact) mass is 352 g/mol. The summed E-state index contributed by atoms with van der Waals surface area (Å²) in [5.41, 5.74) is 6.33. The molecule has 1 amide bonds. The van der Waals surface area contributed by atoms with E-state index in [1.807, 2.05) is 13.8 Å². The minimum Gasteiger partial charge on any atom is -0.391 e. The first-order valence-corrected chi connectivity index (χ1v) is 10.1. The number of nitrogens with two attached hydrogens (primary N) is 1. The van der Waals surface area contributed by atoms with Crippen LogP contribution in [0.3, 0.4) is 0 Å². The van der Waals surface area contributed by atoms with Gasteiger partial charge in [-0.2, -0.15) is 0 Å². The molecule has 5 heteroatoms. The van der Waals surface area contributed by atoms with Crippen molar-refractivity contribution < 1.29 is 14.7 Å². The lowest BCUT2D eigenvalue weighted by Gasteiger charge is -2.32. The number of carbonyl (C=O) groups excluding carboxylic acids is 2. The zero-order chi connectivity index (χ0) is 18.4. The Morgan fingerprint density at radius 2 is 1.84 bits per heavy atom. The van der Waals surface area contributed by atoms with Gasteiger partial charge in [-0.15, -0.1) is 0 Å². The Kier molecular flexibility index (Phi) is 7.88. The van der Waals surface area contributed by atoms with Crippen LogP contribution in [0.5, 0.6) is 0 Å². The summed E-state index contributed by atoms with van der Waals surface area (Å²) in [5.74, 6) is 0.274. The van der Waals surface area contributed by atoms with E-state index in [0.29, 0.717) is 5.92 Å². The molecule has 2 saturated carbocycles. The second-order valence-corrected chi connectivity index (χ2v) is 8.51. The highest BCUT2D eigenvalue weighted by Gasteiger charge is 2.40. The molecule has 0 bridgehead atoms. The van der Waals surface area contributed by atoms with Gasteiger partial charge in [0.25, 0.3) is 0 Å². The predicted molar refractivity (Wildman–Crippen MR) is 98.8 cm³/mol. The number of hydrogen-bond donors (Lipinski definition) is 3. The Labute approximate surface area is 152 Å². The molecule has 0 spiro atoms. The fourth-order valence-corrected chi connectivity index (χ4v) is 4.62. The lowest BCUT2D eigenvalue weighted by Crippen LogP contribution is -2.48. The van der Waals surface area contributed by atoms with E-state index in [4.69, 9.17) is 5.73 Å². The van der Waals surface area contributed by atoms with E-state index in [9.17, 15) is 14.7 Å². The van der Waals surface area contributed by atoms with Crippen LogP contribution in [0.25, 0.3) is 0 Å². The van der Waals surface area contributed by atoms with E-state index < -0.39 is 12.1 Å². The van der Waals surface area contributed by atoms with Crippen LogP contribution in [-0.2, 0) is 9.59 Å². The molecule has 0 aromatic carbocycles. The summed E-state index contributed by atoms with van der Waals surface area (Å²) in [4.78, 5) is 23.8. The lowest BCUT2D eigenvalue weighted by molar-refractivity contribution is -0.130. The van der Waals surface area contributed by atoms with Crippen molar-refractivity contribution in [2.24, 2.45) is 29.4 Å². The summed E-state index contributed by atoms with van der Waals surface area (Å²) in [5, 5.41) is 13.6. The van der Waals surface area contributed by atoms with E-state index in [1.165, 1.54) is 32.1 Å². The van der Waals surface area contributed by atoms with Crippen LogP contribution < -0.4 is 11.1 Å². The summed E-state index contributed by atoms with van der Waals surface area (Å²) in [6.45, 7) is 3.83. The maximum atomic E-state index is 12.6. The van der Waals surface area contributed by atoms with Gasteiger partial charge >= 0.3 is 0 Å². The van der Waals surface area contributed by atoms with Crippen LogP contribution in [0.4, 0.5) is 0 Å². The minimum absolute atomic E-state index is 0.0692. The molecule has 0 aromatic rings. The van der Waals surface area contributed by atoms with E-state index in [1.54, 1.807) is 0 Å². The summed E-state index contributed by atoms with van der Waals surface area (Å²) >= 11 is 0. The van der Waals surface area contributed by atoms with Crippen molar-refractivity contribution in [2.45, 2.75) is 89.8 Å². The molecule has 0 radical (unpaired) electrons. The highest BCUT2D eigenvalue weighted by atomic mass is 16.3. The molecular formula is C20H36N2O3. The van der Waals surface area contributed by atoms with Gasteiger partial charge in [0.1, 0.15) is 6.29 Å². The van der Waals surface area contributed by atoms with Crippen LogP contribution in [0.15, 0.2) is 0 Å². The molecule has 5 nitrogen and oxygen atoms in total. The third-order valence-electron chi connectivity index (χ3n) is 6.29. The molecule has 5 atom stereocenters. The first kappa shape index (κ1) is 20.4. The Bertz CT molecular complexity index is 435. The second kappa shape index (κ2) is 9.67. The van der Waals surface area contributed by atoms with Crippen molar-refractivity contribution >= 4 is 12.2 Å². The number of hydrogen-bond acceptors (Lipinski definition) is 4. The quantitative estimate of drug-likeness (QED) is 0.585. The smallest absolute Gasteiger partial charge is 0.224 e. The molecule has 0 aromatic heterocycles. The minimum atomic E-state index is -0.631. The number of carbonyl (C=O) groups is 2. The molecule has 25 heavy (non-hydrogen) atoms. The van der Waals surface area contributed by atoms with Gasteiger partial charge in [0.05, 0.1) is 12.1 Å². The average molecular weight is 353 g/mol. The molecule has 2 aliphatic rings. The van der Waals surface area contributed by atoms with E-state index in [0.717, 1.165) is 32.0 Å². The highest BCUT2D eigenvalue weighted by Crippen LogP contribution is 2.37. The van der Waals surface area contributed by atoms with Crippen molar-refractivity contribution in [3.05, 3.63) is 0 Å². The first-order chi connectivity index (χ1) is 11.9. The zero-order valence-electron chi connectivity index (χ0n) is 15.8. The molecule has 0 aliphatic heterocycles. The highest BCUT2D eigenvalue weighted by molar-refractivity contribution is 5.82. The molecular weight excluding hydrogens is 316 g/mol. The van der Waals surface area contributed by atoms with Gasteiger partial charge in [-0.05, 0) is 37.0 Å². The van der Waals surface area contributed by atoms with Gasteiger partial charge in [-0.25, -0.2) is 0 Å². The van der Waals surface area contributed by atoms with Crippen LogP contribution in [0, 0.1) is 23.7 Å². The standard InChI is InChI=1S/C20H36N2O3/c1-13(2)18(12-23)22-20(25)16-10-6-9-15(16)19(24)17(21)11-14-7-4-3-5-8-14/h12-19,24H,3-11,21H2,1-2H3,(H,22,25)/t15?,16-,17+,18+,19?/m1/s1. The number of aldehydes is 1. The third kappa shape index (κ3) is 5.52. The summed E-state index contributed by atoms with van der Waals surface area (Å²) in [6, 6.07) is -0.713. The first-order valence-electron chi connectivity index (χ1n) is 10.1. The van der Waals surface area contributed by atoms with Crippen molar-refractivity contribution in [1.29, 1.82) is 0 Å². The van der Waals surface area contributed by atoms with Crippen molar-refractivity contribution in [3.8, 4) is 0 Å². The number of aliphatic hydroxyl groups excluding tert-OH is 1. The summed E-state index contributed by atoms with van der Waals surface area (Å²) in [7, 11) is 0. The second-order valence-electron chi connectivity index (χ2n) is 8.51. The van der Waals surface area contributed by atoms with Gasteiger partial charge in [-0.1, -0.05) is 52.4 Å². The van der Waals surface area contributed by atoms with Gasteiger partial charge in [-0.3, -0.25) is 4.79 Å². The van der Waals surface area contributed by atoms with Crippen LogP contribution in [0.1, 0.15) is 71.6 Å². The maximum Gasteiger partial charge on any atom is 0.224 e. The average Bonchev–Trinajstić information content (AvgIpc) is 3.09. The van der Waals surface area contributed by atoms with E-state index >= 15 is 0 Å². The van der Waals surface area contributed by atoms with Gasteiger partial charge < -0.3 is 21.0 Å². The number of aliphatic hydroxyl groups is 1. The zero-order valence-corrected chi connectivity index (χ0v) is 15.8. The topological polar surface area (TPSA) is 92.4 Å². The van der Waals surface area contributed by atoms with Crippen LogP contribution in [-0.4, -0.2) is 35.5 Å². The number of amides is 1. The van der Waals surface area contributed by atoms with E-state index in [-0.39, 0.29) is 29.7 Å². The molecule has 2 unspecified atom stereocenters. The molecule has 0 saturated heterocycles. The normalized spacial score (nSPS) is 28.5. The largest absolute Gasteiger partial charge is 0.391 e. The molecule has 2 aliphatic carbocycles. The number of rotatable bonds is 8. The fourth-order valence-electron chi connectivity index (χ4n) is 4.62. The van der Waals surface area contributed by atoms with Gasteiger partial charge in [0.2, 0.25) is 5.91 Å². The third-order valence-corrected chi connectivity index (χ3v) is 6.29. The van der Waals surface area contributed by atoms with Crippen LogP contribution >= 0.6 is 0 Å². The summed E-state index contributed by atoms with van der Waals surface area (Å²) in [6.07, 6.45) is 9.85. The summed E-state index contributed by atoms with van der Waals surface area (Å²) < 4.78 is 0. The maximum absolute atomic E-state index is 12.6. The molecule has 2 fully saturated rings. The van der Waals surface area contributed by atoms with Crippen LogP contribution in [0.2, 0.25) is 0 Å². The molecule has 4 N–H and O–H groups in total. The SMILES string of the molecule is CC(C)[C@H](C=O)NC(=O)[C@@H]1CCCC1C(O)[C@@H](N)CC1CCCCC1. The van der Waals surface area contributed by atoms with Crippen molar-refractivity contribution in [2.75, 3.05) is 0 Å². The predicted octanol–water partition coefficient (Wildman–Crippen LogP) is 2.40. The van der Waals surface area contributed by atoms with Gasteiger partial charge in [0, 0.05) is 12.0 Å². The van der Waals surface area contributed by atoms with E-state index in [2.05, 4.69) is 5.32 Å². The Morgan fingerprint density at radius 1 is 1.16 bits per heavy atom.